The normalized spacial score (nSPS) is 26.2. The number of nitrogens with zero attached hydrogens (tertiary/aromatic N) is 1. The minimum absolute atomic E-state index is 0.121. The van der Waals surface area contributed by atoms with E-state index >= 15 is 0 Å². The largest absolute Gasteiger partial charge is 0.285 e. The summed E-state index contributed by atoms with van der Waals surface area (Å²) in [7, 11) is 1.55. The number of hydroxylamine groups is 2. The summed E-state index contributed by atoms with van der Waals surface area (Å²) in [5.74, 6) is -0.443. The molecule has 0 aromatic heterocycles. The van der Waals surface area contributed by atoms with E-state index in [1.807, 2.05) is 0 Å². The molecular formula is C10H10FNO2. The summed E-state index contributed by atoms with van der Waals surface area (Å²) in [6, 6.07) is 5.74. The first kappa shape index (κ1) is 9.15. The molecule has 2 rings (SSSR count). The summed E-state index contributed by atoms with van der Waals surface area (Å²) in [5, 5.41) is 1.17. The van der Waals surface area contributed by atoms with Crippen LogP contribution in [0.3, 0.4) is 0 Å². The van der Waals surface area contributed by atoms with E-state index in [0.717, 1.165) is 0 Å². The zero-order valence-corrected chi connectivity index (χ0v) is 7.95. The molecule has 1 aromatic rings. The topological polar surface area (TPSA) is 29.5 Å². The van der Waals surface area contributed by atoms with Crippen molar-refractivity contribution in [3.63, 3.8) is 0 Å². The van der Waals surface area contributed by atoms with E-state index in [2.05, 4.69) is 0 Å². The van der Waals surface area contributed by atoms with Crippen molar-refractivity contribution in [1.29, 1.82) is 0 Å². The van der Waals surface area contributed by atoms with Crippen LogP contribution in [0.4, 0.5) is 4.39 Å². The number of likely N-dealkylation sites (N-methyl/N-ethyl adjacent to an activating group) is 1. The van der Waals surface area contributed by atoms with Gasteiger partial charge in [0.2, 0.25) is 0 Å². The Morgan fingerprint density at radius 2 is 1.93 bits per heavy atom. The lowest BCUT2D eigenvalue weighted by molar-refractivity contribution is -0.298. The molecule has 1 saturated heterocycles. The van der Waals surface area contributed by atoms with E-state index in [0.29, 0.717) is 5.56 Å². The van der Waals surface area contributed by atoms with E-state index in [-0.39, 0.29) is 11.7 Å². The molecule has 1 aliphatic heterocycles. The SMILES string of the molecule is CN1OC(C)(c2ccc(F)cc2)C1=O. The molecule has 4 heteroatoms. The zero-order valence-electron chi connectivity index (χ0n) is 7.95. The molecule has 74 valence electrons. The van der Waals surface area contributed by atoms with Gasteiger partial charge in [0.25, 0.3) is 5.91 Å². The lowest BCUT2D eigenvalue weighted by Crippen LogP contribution is -2.58. The molecule has 0 aliphatic carbocycles. The Balaban J connectivity index is 2.32. The smallest absolute Gasteiger partial charge is 0.269 e. The van der Waals surface area contributed by atoms with E-state index in [1.165, 1.54) is 17.2 Å². The molecule has 0 spiro atoms. The number of carbonyl (C=O) groups is 1. The van der Waals surface area contributed by atoms with Gasteiger partial charge in [0.1, 0.15) is 5.82 Å². The molecule has 0 bridgehead atoms. The second-order valence-corrected chi connectivity index (χ2v) is 3.43. The van der Waals surface area contributed by atoms with E-state index in [4.69, 9.17) is 4.84 Å². The summed E-state index contributed by atoms with van der Waals surface area (Å²) >= 11 is 0. The van der Waals surface area contributed by atoms with E-state index < -0.39 is 5.60 Å². The zero-order chi connectivity index (χ0) is 10.3. The minimum atomic E-state index is -0.942. The Labute approximate surface area is 81.0 Å². The molecule has 0 N–H and O–H groups in total. The second-order valence-electron chi connectivity index (χ2n) is 3.43. The maximum Gasteiger partial charge on any atom is 0.285 e. The lowest BCUT2D eigenvalue weighted by Gasteiger charge is -2.43. The molecule has 1 heterocycles. The first-order valence-electron chi connectivity index (χ1n) is 4.27. The Hall–Kier alpha value is -1.42. The van der Waals surface area contributed by atoms with E-state index in [9.17, 15) is 9.18 Å². The third kappa shape index (κ3) is 1.11. The van der Waals surface area contributed by atoms with Crippen LogP contribution < -0.4 is 0 Å². The van der Waals surface area contributed by atoms with Crippen molar-refractivity contribution in [1.82, 2.24) is 5.06 Å². The molecule has 1 amide bonds. The van der Waals surface area contributed by atoms with Crippen molar-refractivity contribution in [2.75, 3.05) is 7.05 Å². The Morgan fingerprint density at radius 1 is 1.36 bits per heavy atom. The van der Waals surface area contributed by atoms with Gasteiger partial charge in [0.15, 0.2) is 5.60 Å². The average molecular weight is 195 g/mol. The Bertz CT molecular complexity index is 376. The molecule has 0 radical (unpaired) electrons. The third-order valence-electron chi connectivity index (χ3n) is 2.41. The van der Waals surface area contributed by atoms with Crippen molar-refractivity contribution in [2.24, 2.45) is 0 Å². The van der Waals surface area contributed by atoms with Gasteiger partial charge >= 0.3 is 0 Å². The fourth-order valence-corrected chi connectivity index (χ4v) is 1.56. The number of carbonyl (C=O) groups excluding carboxylic acids is 1. The highest BCUT2D eigenvalue weighted by atomic mass is 19.1. The minimum Gasteiger partial charge on any atom is -0.269 e. The molecule has 0 saturated carbocycles. The summed E-state index contributed by atoms with van der Waals surface area (Å²) in [6.45, 7) is 1.67. The predicted octanol–water partition coefficient (Wildman–Crippen LogP) is 1.44. The summed E-state index contributed by atoms with van der Waals surface area (Å²) in [6.07, 6.45) is 0. The van der Waals surface area contributed by atoms with Gasteiger partial charge in [-0.3, -0.25) is 4.79 Å². The second kappa shape index (κ2) is 2.78. The van der Waals surface area contributed by atoms with Crippen molar-refractivity contribution in [3.8, 4) is 0 Å². The maximum absolute atomic E-state index is 12.6. The first-order valence-corrected chi connectivity index (χ1v) is 4.27. The van der Waals surface area contributed by atoms with Crippen LogP contribution in [0.2, 0.25) is 0 Å². The van der Waals surface area contributed by atoms with Crippen LogP contribution in [0.25, 0.3) is 0 Å². The van der Waals surface area contributed by atoms with Gasteiger partial charge in [-0.1, -0.05) is 12.1 Å². The fraction of sp³-hybridized carbons (Fsp3) is 0.300. The van der Waals surface area contributed by atoms with E-state index in [1.54, 1.807) is 26.1 Å². The van der Waals surface area contributed by atoms with Crippen molar-refractivity contribution < 1.29 is 14.0 Å². The van der Waals surface area contributed by atoms with Crippen LogP contribution in [0.5, 0.6) is 0 Å². The van der Waals surface area contributed by atoms with Gasteiger partial charge in [0.05, 0.1) is 0 Å². The van der Waals surface area contributed by atoms with Crippen LogP contribution in [0.1, 0.15) is 12.5 Å². The molecule has 1 unspecified atom stereocenters. The van der Waals surface area contributed by atoms with Crippen LogP contribution >= 0.6 is 0 Å². The number of hydrogen-bond donors (Lipinski definition) is 0. The van der Waals surface area contributed by atoms with Crippen molar-refractivity contribution in [3.05, 3.63) is 35.6 Å². The van der Waals surface area contributed by atoms with Crippen LogP contribution in [-0.2, 0) is 15.2 Å². The van der Waals surface area contributed by atoms with Gasteiger partial charge < -0.3 is 0 Å². The number of halogens is 1. The maximum atomic E-state index is 12.6. The van der Waals surface area contributed by atoms with Gasteiger partial charge in [-0.2, -0.15) is 0 Å². The van der Waals surface area contributed by atoms with Crippen LogP contribution in [-0.4, -0.2) is 18.0 Å². The lowest BCUT2D eigenvalue weighted by atomic mass is 9.93. The monoisotopic (exact) mass is 195 g/mol. The average Bonchev–Trinajstić information content (AvgIpc) is 2.18. The number of benzene rings is 1. The molecule has 1 fully saturated rings. The third-order valence-corrected chi connectivity index (χ3v) is 2.41. The molecule has 1 aliphatic rings. The summed E-state index contributed by atoms with van der Waals surface area (Å²) in [4.78, 5) is 16.7. The van der Waals surface area contributed by atoms with Crippen molar-refractivity contribution in [2.45, 2.75) is 12.5 Å². The summed E-state index contributed by atoms with van der Waals surface area (Å²) in [5.41, 5.74) is -0.273. The Kier molecular flexibility index (Phi) is 1.82. The van der Waals surface area contributed by atoms with Gasteiger partial charge in [-0.05, 0) is 24.6 Å². The van der Waals surface area contributed by atoms with Gasteiger partial charge in [0, 0.05) is 7.05 Å². The molecule has 14 heavy (non-hydrogen) atoms. The number of hydrogen-bond acceptors (Lipinski definition) is 2. The van der Waals surface area contributed by atoms with Crippen molar-refractivity contribution >= 4 is 5.91 Å². The molecule has 3 nitrogen and oxygen atoms in total. The standard InChI is InChI=1S/C10H10FNO2/c1-10(9(13)12(2)14-10)7-3-5-8(11)6-4-7/h3-6H,1-2H3. The first-order chi connectivity index (χ1) is 6.54. The fourth-order valence-electron chi connectivity index (χ4n) is 1.56. The van der Waals surface area contributed by atoms with Crippen LogP contribution in [0, 0.1) is 5.82 Å². The highest BCUT2D eigenvalue weighted by molar-refractivity contribution is 5.88. The number of amides is 1. The highest BCUT2D eigenvalue weighted by Crippen LogP contribution is 2.35. The summed E-state index contributed by atoms with van der Waals surface area (Å²) < 4.78 is 12.6. The Morgan fingerprint density at radius 3 is 2.36 bits per heavy atom. The highest BCUT2D eigenvalue weighted by Gasteiger charge is 2.50. The van der Waals surface area contributed by atoms with Gasteiger partial charge in [-0.25, -0.2) is 14.3 Å². The molecule has 1 atom stereocenters. The van der Waals surface area contributed by atoms with Crippen LogP contribution in [0.15, 0.2) is 24.3 Å². The predicted molar refractivity (Wildman–Crippen MR) is 47.6 cm³/mol. The molecule has 1 aromatic carbocycles. The van der Waals surface area contributed by atoms with Gasteiger partial charge in [-0.15, -0.1) is 0 Å². The quantitative estimate of drug-likeness (QED) is 0.678. The number of rotatable bonds is 1. The molecular weight excluding hydrogens is 185 g/mol.